The van der Waals surface area contributed by atoms with Gasteiger partial charge >= 0.3 is 0 Å². The van der Waals surface area contributed by atoms with Gasteiger partial charge in [0.1, 0.15) is 0 Å². The Morgan fingerprint density at radius 2 is 1.43 bits per heavy atom. The van der Waals surface area contributed by atoms with E-state index in [4.69, 9.17) is 0 Å². The maximum Gasteiger partial charge on any atom is 0.193 e. The van der Waals surface area contributed by atoms with Gasteiger partial charge in [0.15, 0.2) is 7.11 Å². The first-order valence-corrected chi connectivity index (χ1v) is 2.26. The fraction of sp³-hybridized carbons (Fsp3) is 1.00. The first-order valence-electron chi connectivity index (χ1n) is 1.03. The standard InChI is InChI=1S/CH3ClO4.H3N/c1-6-2(3,4)5;/h1H3;1H3. The lowest BCUT2D eigenvalue weighted by Crippen LogP contribution is -2.60. The summed E-state index contributed by atoms with van der Waals surface area (Å²) in [7, 11) is -3.38. The Hall–Kier alpha value is 0.0900. The van der Waals surface area contributed by atoms with E-state index in [9.17, 15) is 14.0 Å². The molecule has 0 spiro atoms. The van der Waals surface area contributed by atoms with E-state index in [1.54, 1.807) is 0 Å². The Labute approximate surface area is 42.8 Å². The molecule has 0 heterocycles. The predicted molar refractivity (Wildman–Crippen MR) is 12.0 cm³/mol. The Balaban J connectivity index is 0. The van der Waals surface area contributed by atoms with E-state index >= 15 is 0 Å². The average Bonchev–Trinajstić information content (AvgIpc) is 1.35. The maximum atomic E-state index is 9.19. The van der Waals surface area contributed by atoms with Crippen molar-refractivity contribution in [3.05, 3.63) is 0 Å². The largest absolute Gasteiger partial charge is 0.344 e. The zero-order valence-corrected chi connectivity index (χ0v) is 4.47. The molecule has 0 aliphatic heterocycles. The highest BCUT2D eigenvalue weighted by Crippen LogP contribution is 1.77. The summed E-state index contributed by atoms with van der Waals surface area (Å²) in [4.78, 5) is 0. The molecular weight excluding hydrogens is 125 g/mol. The second kappa shape index (κ2) is 3.14. The van der Waals surface area contributed by atoms with Gasteiger partial charge in [-0.1, -0.05) is 0 Å². The van der Waals surface area contributed by atoms with Crippen molar-refractivity contribution in [1.29, 1.82) is 0 Å². The van der Waals surface area contributed by atoms with Crippen LogP contribution < -0.4 is 20.1 Å². The fourth-order valence-corrected chi connectivity index (χ4v) is 0. The van der Waals surface area contributed by atoms with Crippen LogP contribution in [0.15, 0.2) is 0 Å². The normalized spacial score (nSPS) is 10.3. The first-order chi connectivity index (χ1) is 2.56. The summed E-state index contributed by atoms with van der Waals surface area (Å²) in [5, 5.41) is 0. The van der Waals surface area contributed by atoms with Crippen molar-refractivity contribution >= 4 is 0 Å². The number of halogens is 1. The Bertz CT molecular complexity index is 41.4. The van der Waals surface area contributed by atoms with Crippen LogP contribution in [0.3, 0.4) is 0 Å². The number of hydrogen-bond acceptors (Lipinski definition) is 5. The summed E-state index contributed by atoms with van der Waals surface area (Å²) >= 11 is 0. The minimum Gasteiger partial charge on any atom is -0.344 e. The van der Waals surface area contributed by atoms with Crippen molar-refractivity contribution in [1.82, 2.24) is 6.15 Å². The van der Waals surface area contributed by atoms with Crippen molar-refractivity contribution < 1.29 is 28.5 Å². The minimum atomic E-state index is -4.18. The lowest BCUT2D eigenvalue weighted by atomic mass is 11.8. The molecule has 0 rings (SSSR count). The smallest absolute Gasteiger partial charge is 0.193 e. The number of hydrogen-bond donors (Lipinski definition) is 1. The van der Waals surface area contributed by atoms with E-state index in [1.165, 1.54) is 0 Å². The molecule has 7 heavy (non-hydrogen) atoms. The minimum absolute atomic E-state index is 0. The van der Waals surface area contributed by atoms with Crippen LogP contribution in [-0.2, 0) is 4.29 Å². The molecule has 5 nitrogen and oxygen atoms in total. The molecule has 46 valence electrons. The molecule has 0 aliphatic rings. The van der Waals surface area contributed by atoms with Gasteiger partial charge < -0.3 is 6.15 Å². The zero-order chi connectivity index (χ0) is 5.21. The van der Waals surface area contributed by atoms with Crippen LogP contribution >= 0.6 is 0 Å². The van der Waals surface area contributed by atoms with Crippen LogP contribution in [0.25, 0.3) is 0 Å². The molecule has 0 saturated carbocycles. The van der Waals surface area contributed by atoms with Crippen LogP contribution in [0.2, 0.25) is 0 Å². The zero-order valence-electron chi connectivity index (χ0n) is 3.72. The molecule has 0 unspecified atom stereocenters. The van der Waals surface area contributed by atoms with Crippen molar-refractivity contribution in [2.75, 3.05) is 7.11 Å². The second-order valence-electron chi connectivity index (χ2n) is 0.532. The molecule has 0 aliphatic carbocycles. The van der Waals surface area contributed by atoms with E-state index in [1.807, 2.05) is 0 Å². The van der Waals surface area contributed by atoms with E-state index < -0.39 is 10.2 Å². The molecule has 0 radical (unpaired) electrons. The molecule has 0 aromatic heterocycles. The Morgan fingerprint density at radius 3 is 1.43 bits per heavy atom. The lowest BCUT2D eigenvalue weighted by Gasteiger charge is -2.08. The molecule has 0 aromatic carbocycles. The van der Waals surface area contributed by atoms with Crippen LogP contribution in [-0.4, -0.2) is 7.11 Å². The molecular formula is CH6ClNO4. The Morgan fingerprint density at radius 1 is 1.29 bits per heavy atom. The summed E-state index contributed by atoms with van der Waals surface area (Å²) in [6, 6.07) is 0. The maximum absolute atomic E-state index is 9.19. The molecule has 0 aromatic rings. The van der Waals surface area contributed by atoms with Gasteiger partial charge in [-0.3, -0.25) is 0 Å². The van der Waals surface area contributed by atoms with Crippen LogP contribution in [0.5, 0.6) is 0 Å². The Kier molecular flexibility index (Phi) is 4.55. The number of rotatable bonds is 1. The van der Waals surface area contributed by atoms with Gasteiger partial charge in [0, 0.05) is 0 Å². The first kappa shape index (κ1) is 10.1. The van der Waals surface area contributed by atoms with E-state index in [2.05, 4.69) is 4.29 Å². The fourth-order valence-electron chi connectivity index (χ4n) is 0. The quantitative estimate of drug-likeness (QED) is 0.400. The van der Waals surface area contributed by atoms with Gasteiger partial charge in [-0.15, -0.1) is 0 Å². The monoisotopic (exact) mass is 131 g/mol. The highest BCUT2D eigenvalue weighted by molar-refractivity contribution is 3.31. The summed E-state index contributed by atoms with van der Waals surface area (Å²) in [5.41, 5.74) is 0. The van der Waals surface area contributed by atoms with Gasteiger partial charge in [-0.2, -0.15) is 14.0 Å². The van der Waals surface area contributed by atoms with Gasteiger partial charge in [-0.25, -0.2) is 0 Å². The van der Waals surface area contributed by atoms with Crippen molar-refractivity contribution in [3.63, 3.8) is 0 Å². The van der Waals surface area contributed by atoms with Gasteiger partial charge in [0.25, 0.3) is 0 Å². The third-order valence-electron chi connectivity index (χ3n) is 0.189. The third-order valence-corrected chi connectivity index (χ3v) is 0.567. The predicted octanol–water partition coefficient (Wildman–Crippen LogP) is -3.31. The van der Waals surface area contributed by atoms with Crippen LogP contribution in [0.1, 0.15) is 0 Å². The molecule has 0 saturated heterocycles. The molecule has 3 N–H and O–H groups in total. The lowest BCUT2D eigenvalue weighted by molar-refractivity contribution is -1.92. The highest BCUT2D eigenvalue weighted by Gasteiger charge is 2.08. The summed E-state index contributed by atoms with van der Waals surface area (Å²) in [6.45, 7) is 0. The molecule has 0 amide bonds. The van der Waals surface area contributed by atoms with Crippen LogP contribution in [0.4, 0.5) is 0 Å². The van der Waals surface area contributed by atoms with E-state index in [0.29, 0.717) is 0 Å². The third kappa shape index (κ3) is 10.7. The summed E-state index contributed by atoms with van der Waals surface area (Å²) < 4.78 is 30.9. The van der Waals surface area contributed by atoms with E-state index in [-0.39, 0.29) is 6.15 Å². The van der Waals surface area contributed by atoms with Crippen molar-refractivity contribution in [3.8, 4) is 0 Å². The molecule has 0 atom stereocenters. The molecule has 0 bridgehead atoms. The van der Waals surface area contributed by atoms with Gasteiger partial charge in [0.2, 0.25) is 0 Å². The highest BCUT2D eigenvalue weighted by atomic mass is 35.7. The van der Waals surface area contributed by atoms with Gasteiger partial charge in [-0.05, 0) is 0 Å². The van der Waals surface area contributed by atoms with E-state index in [0.717, 1.165) is 7.11 Å². The average molecular weight is 132 g/mol. The second-order valence-corrected chi connectivity index (χ2v) is 1.60. The molecule has 6 heteroatoms. The van der Waals surface area contributed by atoms with Crippen molar-refractivity contribution in [2.45, 2.75) is 0 Å². The van der Waals surface area contributed by atoms with Crippen molar-refractivity contribution in [2.24, 2.45) is 0 Å². The van der Waals surface area contributed by atoms with Gasteiger partial charge in [0.05, 0.1) is 14.5 Å². The van der Waals surface area contributed by atoms with Crippen LogP contribution in [0, 0.1) is 10.2 Å². The summed E-state index contributed by atoms with van der Waals surface area (Å²) in [5.74, 6) is 0. The SMILES string of the molecule is CO[Cl+3]([O-])([O-])[O-].N. The topological polar surface area (TPSA) is 113 Å². The summed E-state index contributed by atoms with van der Waals surface area (Å²) in [6.07, 6.45) is 0. The molecule has 0 fully saturated rings.